The summed E-state index contributed by atoms with van der Waals surface area (Å²) in [6.45, 7) is 0.386. The molecule has 0 spiro atoms. The number of hydrogen-bond acceptors (Lipinski definition) is 4. The molecule has 0 aromatic rings. The third-order valence-corrected chi connectivity index (χ3v) is 2.71. The largest absolute Gasteiger partial charge is 0.501 e. The third-order valence-electron chi connectivity index (χ3n) is 2.71. The van der Waals surface area contributed by atoms with Gasteiger partial charge >= 0.3 is 12.0 Å². The predicted molar refractivity (Wildman–Crippen MR) is 65.6 cm³/mol. The zero-order chi connectivity index (χ0) is 13.5. The highest BCUT2D eigenvalue weighted by Crippen LogP contribution is 2.26. The van der Waals surface area contributed by atoms with Gasteiger partial charge in [-0.25, -0.2) is 4.79 Å². The van der Waals surface area contributed by atoms with Gasteiger partial charge in [-0.2, -0.15) is 0 Å². The molecule has 100 valence electrons. The van der Waals surface area contributed by atoms with Crippen molar-refractivity contribution >= 4 is 12.0 Å². The van der Waals surface area contributed by atoms with Gasteiger partial charge in [0.05, 0.1) is 26.4 Å². The fourth-order valence-corrected chi connectivity index (χ4v) is 1.78. The second-order valence-corrected chi connectivity index (χ2v) is 3.93. The average molecular weight is 254 g/mol. The van der Waals surface area contributed by atoms with E-state index >= 15 is 0 Å². The van der Waals surface area contributed by atoms with Crippen molar-refractivity contribution in [3.05, 3.63) is 23.0 Å². The van der Waals surface area contributed by atoms with Crippen molar-refractivity contribution in [3.8, 4) is 0 Å². The maximum atomic E-state index is 11.3. The maximum absolute atomic E-state index is 11.3. The molecule has 0 fully saturated rings. The van der Waals surface area contributed by atoms with Crippen molar-refractivity contribution in [2.75, 3.05) is 20.8 Å². The Hall–Kier alpha value is -1.98. The van der Waals surface area contributed by atoms with Crippen LogP contribution in [-0.4, -0.2) is 32.8 Å². The van der Waals surface area contributed by atoms with Gasteiger partial charge in [0.15, 0.2) is 0 Å². The second-order valence-electron chi connectivity index (χ2n) is 3.93. The van der Waals surface area contributed by atoms with Crippen LogP contribution in [0.2, 0.25) is 0 Å². The summed E-state index contributed by atoms with van der Waals surface area (Å²) in [6.07, 6.45) is 3.50. The molecule has 0 aliphatic heterocycles. The fourth-order valence-electron chi connectivity index (χ4n) is 1.78. The molecule has 6 nitrogen and oxygen atoms in total. The standard InChI is InChI=1S/C12H18N2O4/c1-17-10-4-3-8(7-14-12(13)16)5-9(10)6-11(15)18-2/h5H,3-4,6-7H2,1-2H3,(H3,13,14,16). The summed E-state index contributed by atoms with van der Waals surface area (Å²) in [5, 5.41) is 2.53. The van der Waals surface area contributed by atoms with Crippen LogP contribution >= 0.6 is 0 Å². The highest BCUT2D eigenvalue weighted by atomic mass is 16.5. The van der Waals surface area contributed by atoms with Gasteiger partial charge in [-0.1, -0.05) is 11.6 Å². The van der Waals surface area contributed by atoms with E-state index in [1.165, 1.54) is 7.11 Å². The molecule has 1 aliphatic carbocycles. The van der Waals surface area contributed by atoms with Crippen molar-refractivity contribution in [2.45, 2.75) is 19.3 Å². The summed E-state index contributed by atoms with van der Waals surface area (Å²) < 4.78 is 9.87. The lowest BCUT2D eigenvalue weighted by atomic mass is 9.95. The van der Waals surface area contributed by atoms with Crippen LogP contribution in [0.25, 0.3) is 0 Å². The topological polar surface area (TPSA) is 90.7 Å². The lowest BCUT2D eigenvalue weighted by molar-refractivity contribution is -0.139. The Morgan fingerprint density at radius 1 is 1.39 bits per heavy atom. The van der Waals surface area contributed by atoms with E-state index in [0.717, 1.165) is 23.3 Å². The molecule has 0 heterocycles. The first-order valence-electron chi connectivity index (χ1n) is 5.62. The number of nitrogens with one attached hydrogen (secondary N) is 1. The number of hydrogen-bond donors (Lipinski definition) is 2. The lowest BCUT2D eigenvalue weighted by Crippen LogP contribution is -2.31. The van der Waals surface area contributed by atoms with Crippen LogP contribution in [0.3, 0.4) is 0 Å². The minimum absolute atomic E-state index is 0.166. The van der Waals surface area contributed by atoms with Crippen molar-refractivity contribution in [2.24, 2.45) is 5.73 Å². The van der Waals surface area contributed by atoms with Crippen LogP contribution in [0.4, 0.5) is 4.79 Å². The highest BCUT2D eigenvalue weighted by Gasteiger charge is 2.17. The average Bonchev–Trinajstić information content (AvgIpc) is 2.36. The molecule has 0 saturated carbocycles. The molecular weight excluding hydrogens is 236 g/mol. The van der Waals surface area contributed by atoms with E-state index in [1.54, 1.807) is 7.11 Å². The van der Waals surface area contributed by atoms with E-state index in [2.05, 4.69) is 10.1 Å². The van der Waals surface area contributed by atoms with Crippen LogP contribution in [0.15, 0.2) is 23.0 Å². The summed E-state index contributed by atoms with van der Waals surface area (Å²) >= 11 is 0. The molecular formula is C12H18N2O4. The monoisotopic (exact) mass is 254 g/mol. The number of nitrogens with two attached hydrogens (primary N) is 1. The van der Waals surface area contributed by atoms with E-state index in [1.807, 2.05) is 6.08 Å². The minimum atomic E-state index is -0.563. The first-order chi connectivity index (χ1) is 8.56. The highest BCUT2D eigenvalue weighted by molar-refractivity contribution is 5.74. The molecule has 0 radical (unpaired) electrons. The number of esters is 1. The molecule has 1 rings (SSSR count). The molecule has 0 atom stereocenters. The van der Waals surface area contributed by atoms with Crippen molar-refractivity contribution in [1.82, 2.24) is 5.32 Å². The molecule has 2 amide bonds. The number of carbonyl (C=O) groups excluding carboxylic acids is 2. The summed E-state index contributed by atoms with van der Waals surface area (Å²) in [5.41, 5.74) is 6.81. The Balaban J connectivity index is 2.76. The van der Waals surface area contributed by atoms with E-state index < -0.39 is 6.03 Å². The fraction of sp³-hybridized carbons (Fsp3) is 0.500. The van der Waals surface area contributed by atoms with Gasteiger partial charge in [-0.3, -0.25) is 4.79 Å². The summed E-state index contributed by atoms with van der Waals surface area (Å²) in [4.78, 5) is 21.9. The number of amides is 2. The normalized spacial score (nSPS) is 14.9. The zero-order valence-corrected chi connectivity index (χ0v) is 10.6. The summed E-state index contributed by atoms with van der Waals surface area (Å²) in [5.74, 6) is 0.461. The minimum Gasteiger partial charge on any atom is -0.501 e. The Labute approximate surface area is 106 Å². The Kier molecular flexibility index (Phi) is 5.23. The van der Waals surface area contributed by atoms with Gasteiger partial charge in [-0.15, -0.1) is 0 Å². The first-order valence-corrected chi connectivity index (χ1v) is 5.62. The molecule has 0 bridgehead atoms. The second kappa shape index (κ2) is 6.68. The molecule has 0 saturated heterocycles. The molecule has 1 aliphatic rings. The van der Waals surface area contributed by atoms with Gasteiger partial charge < -0.3 is 20.5 Å². The van der Waals surface area contributed by atoms with Gasteiger partial charge in [0, 0.05) is 18.5 Å². The number of urea groups is 1. The van der Waals surface area contributed by atoms with E-state index in [9.17, 15) is 9.59 Å². The molecule has 0 aromatic heterocycles. The van der Waals surface area contributed by atoms with Crippen LogP contribution in [-0.2, 0) is 14.3 Å². The van der Waals surface area contributed by atoms with E-state index in [4.69, 9.17) is 10.5 Å². The van der Waals surface area contributed by atoms with Crippen molar-refractivity contribution in [1.29, 1.82) is 0 Å². The maximum Gasteiger partial charge on any atom is 0.312 e. The lowest BCUT2D eigenvalue weighted by Gasteiger charge is -2.19. The molecule has 0 unspecified atom stereocenters. The first kappa shape index (κ1) is 14.1. The summed E-state index contributed by atoms with van der Waals surface area (Å²) in [6, 6.07) is -0.563. The SMILES string of the molecule is COC(=O)CC1=C(OC)CCC(CNC(N)=O)=C1. The number of carbonyl (C=O) groups is 2. The third kappa shape index (κ3) is 4.12. The Morgan fingerprint density at radius 2 is 2.11 bits per heavy atom. The molecule has 6 heteroatoms. The number of allylic oxidation sites excluding steroid dienone is 2. The molecule has 0 aromatic carbocycles. The van der Waals surface area contributed by atoms with Gasteiger partial charge in [0.25, 0.3) is 0 Å². The van der Waals surface area contributed by atoms with E-state index in [0.29, 0.717) is 13.0 Å². The van der Waals surface area contributed by atoms with Crippen molar-refractivity contribution < 1.29 is 19.1 Å². The number of primary amides is 1. The van der Waals surface area contributed by atoms with Gasteiger partial charge in [0.1, 0.15) is 0 Å². The van der Waals surface area contributed by atoms with Crippen molar-refractivity contribution in [3.63, 3.8) is 0 Å². The number of methoxy groups -OCH3 is 2. The van der Waals surface area contributed by atoms with E-state index in [-0.39, 0.29) is 12.4 Å². The van der Waals surface area contributed by atoms with Crippen LogP contribution < -0.4 is 11.1 Å². The molecule has 18 heavy (non-hydrogen) atoms. The quantitative estimate of drug-likeness (QED) is 0.711. The predicted octanol–water partition coefficient (Wildman–Crippen LogP) is 0.839. The van der Waals surface area contributed by atoms with Gasteiger partial charge in [-0.05, 0) is 6.42 Å². The Morgan fingerprint density at radius 3 is 2.67 bits per heavy atom. The number of ether oxygens (including phenoxy) is 2. The zero-order valence-electron chi connectivity index (χ0n) is 10.6. The van der Waals surface area contributed by atoms with Crippen LogP contribution in [0, 0.1) is 0 Å². The van der Waals surface area contributed by atoms with Crippen LogP contribution in [0.1, 0.15) is 19.3 Å². The summed E-state index contributed by atoms with van der Waals surface area (Å²) in [7, 11) is 2.92. The molecule has 3 N–H and O–H groups in total. The van der Waals surface area contributed by atoms with Crippen LogP contribution in [0.5, 0.6) is 0 Å². The van der Waals surface area contributed by atoms with Gasteiger partial charge in [0.2, 0.25) is 0 Å². The smallest absolute Gasteiger partial charge is 0.312 e. The number of rotatable bonds is 5. The Bertz CT molecular complexity index is 399.